The Labute approximate surface area is 106 Å². The Kier molecular flexibility index (Phi) is 4.02. The molecule has 1 aliphatic rings. The molecule has 1 fully saturated rings. The number of rotatable bonds is 3. The summed E-state index contributed by atoms with van der Waals surface area (Å²) in [6.07, 6.45) is 3.92. The van der Waals surface area contributed by atoms with Gasteiger partial charge in [0.05, 0.1) is 0 Å². The zero-order chi connectivity index (χ0) is 12.3. The van der Waals surface area contributed by atoms with Crippen LogP contribution in [0.25, 0.3) is 0 Å². The molecular formula is C11H18ClN5. The van der Waals surface area contributed by atoms with Crippen LogP contribution in [0.15, 0.2) is 6.33 Å². The molecule has 1 atom stereocenters. The summed E-state index contributed by atoms with van der Waals surface area (Å²) < 4.78 is 0. The summed E-state index contributed by atoms with van der Waals surface area (Å²) in [6, 6.07) is 0. The second-order valence-electron chi connectivity index (χ2n) is 4.58. The summed E-state index contributed by atoms with van der Waals surface area (Å²) >= 11 is 5.83. The van der Waals surface area contributed by atoms with Gasteiger partial charge in [-0.15, -0.1) is 0 Å². The van der Waals surface area contributed by atoms with Crippen LogP contribution in [0.1, 0.15) is 12.8 Å². The quantitative estimate of drug-likeness (QED) is 0.801. The zero-order valence-electron chi connectivity index (χ0n) is 9.99. The van der Waals surface area contributed by atoms with E-state index in [0.717, 1.165) is 13.1 Å². The second-order valence-corrected chi connectivity index (χ2v) is 4.94. The van der Waals surface area contributed by atoms with Gasteiger partial charge in [0.25, 0.3) is 0 Å². The third-order valence-electron chi connectivity index (χ3n) is 3.12. The maximum atomic E-state index is 5.83. The molecule has 6 heteroatoms. The number of piperidine rings is 1. The fourth-order valence-electron chi connectivity index (χ4n) is 2.20. The minimum absolute atomic E-state index is 0.309. The molecule has 3 N–H and O–H groups in total. The van der Waals surface area contributed by atoms with E-state index in [1.54, 1.807) is 0 Å². The maximum Gasteiger partial charge on any atom is 0.157 e. The molecule has 0 radical (unpaired) electrons. The normalized spacial score (nSPS) is 21.4. The van der Waals surface area contributed by atoms with Gasteiger partial charge in [-0.25, -0.2) is 9.97 Å². The van der Waals surface area contributed by atoms with Crippen molar-refractivity contribution in [1.29, 1.82) is 0 Å². The summed E-state index contributed by atoms with van der Waals surface area (Å²) in [4.78, 5) is 10.3. The van der Waals surface area contributed by atoms with Crippen molar-refractivity contribution in [2.24, 2.45) is 5.92 Å². The number of anilines is 2. The van der Waals surface area contributed by atoms with E-state index in [9.17, 15) is 0 Å². The average Bonchev–Trinajstić information content (AvgIpc) is 2.31. The Bertz CT molecular complexity index is 384. The molecule has 94 valence electrons. The molecule has 0 spiro atoms. The van der Waals surface area contributed by atoms with Gasteiger partial charge in [-0.1, -0.05) is 11.6 Å². The molecule has 1 aliphatic heterocycles. The molecule has 17 heavy (non-hydrogen) atoms. The smallest absolute Gasteiger partial charge is 0.157 e. The van der Waals surface area contributed by atoms with Crippen LogP contribution in [0, 0.1) is 5.92 Å². The van der Waals surface area contributed by atoms with E-state index in [4.69, 9.17) is 17.3 Å². The number of nitrogens with two attached hydrogens (primary N) is 1. The van der Waals surface area contributed by atoms with Crippen LogP contribution in [0.5, 0.6) is 0 Å². The van der Waals surface area contributed by atoms with Crippen molar-refractivity contribution in [3.8, 4) is 0 Å². The molecule has 1 aromatic heterocycles. The van der Waals surface area contributed by atoms with Crippen molar-refractivity contribution < 1.29 is 0 Å². The van der Waals surface area contributed by atoms with Crippen molar-refractivity contribution >= 4 is 23.1 Å². The van der Waals surface area contributed by atoms with Crippen LogP contribution in [-0.2, 0) is 0 Å². The Morgan fingerprint density at radius 2 is 2.41 bits per heavy atom. The molecule has 5 nitrogen and oxygen atoms in total. The van der Waals surface area contributed by atoms with E-state index in [1.165, 1.54) is 25.7 Å². The molecule has 0 aliphatic carbocycles. The summed E-state index contributed by atoms with van der Waals surface area (Å²) in [7, 11) is 2.15. The summed E-state index contributed by atoms with van der Waals surface area (Å²) in [6.45, 7) is 3.19. The lowest BCUT2D eigenvalue weighted by molar-refractivity contribution is 0.217. The number of nitrogens with zero attached hydrogens (tertiary/aromatic N) is 3. The first-order valence-corrected chi connectivity index (χ1v) is 6.23. The molecule has 1 aromatic rings. The lowest BCUT2D eigenvalue weighted by Gasteiger charge is -2.29. The predicted molar refractivity (Wildman–Crippen MR) is 70.2 cm³/mol. The Morgan fingerprint density at radius 3 is 3.18 bits per heavy atom. The van der Waals surface area contributed by atoms with E-state index in [-0.39, 0.29) is 0 Å². The van der Waals surface area contributed by atoms with Gasteiger partial charge in [0.15, 0.2) is 11.0 Å². The van der Waals surface area contributed by atoms with Gasteiger partial charge < -0.3 is 16.0 Å². The van der Waals surface area contributed by atoms with E-state index in [0.29, 0.717) is 22.6 Å². The van der Waals surface area contributed by atoms with E-state index in [2.05, 4.69) is 27.2 Å². The van der Waals surface area contributed by atoms with Gasteiger partial charge in [-0.3, -0.25) is 0 Å². The first-order chi connectivity index (χ1) is 8.16. The van der Waals surface area contributed by atoms with Crippen LogP contribution in [-0.4, -0.2) is 41.5 Å². The number of nitrogens with one attached hydrogen (secondary N) is 1. The van der Waals surface area contributed by atoms with E-state index >= 15 is 0 Å². The fraction of sp³-hybridized carbons (Fsp3) is 0.636. The van der Waals surface area contributed by atoms with Crippen LogP contribution in [0.4, 0.5) is 11.5 Å². The lowest BCUT2D eigenvalue weighted by Crippen LogP contribution is -2.35. The highest BCUT2D eigenvalue weighted by atomic mass is 35.5. The largest absolute Gasteiger partial charge is 0.393 e. The van der Waals surface area contributed by atoms with Gasteiger partial charge in [0, 0.05) is 13.1 Å². The molecule has 2 heterocycles. The minimum atomic E-state index is 0.309. The number of halogens is 1. The molecule has 1 saturated heterocycles. The Hall–Kier alpha value is -1.07. The standard InChI is InChI=1S/C11H18ClN5/c1-17-4-2-3-8(6-17)5-14-11-9(13)10(12)15-7-16-11/h7-8H,2-6,13H2,1H3,(H,14,15,16). The van der Waals surface area contributed by atoms with Gasteiger partial charge in [-0.05, 0) is 32.4 Å². The summed E-state index contributed by atoms with van der Waals surface area (Å²) in [5.41, 5.74) is 6.22. The minimum Gasteiger partial charge on any atom is -0.393 e. The highest BCUT2D eigenvalue weighted by molar-refractivity contribution is 6.32. The van der Waals surface area contributed by atoms with Gasteiger partial charge in [0.2, 0.25) is 0 Å². The third kappa shape index (κ3) is 3.20. The molecular weight excluding hydrogens is 238 g/mol. The topological polar surface area (TPSA) is 67.1 Å². The molecule has 1 unspecified atom stereocenters. The van der Waals surface area contributed by atoms with E-state index < -0.39 is 0 Å². The SMILES string of the molecule is CN1CCCC(CNc2ncnc(Cl)c2N)C1. The van der Waals surface area contributed by atoms with Gasteiger partial charge >= 0.3 is 0 Å². The van der Waals surface area contributed by atoms with Crippen molar-refractivity contribution in [2.75, 3.05) is 37.7 Å². The highest BCUT2D eigenvalue weighted by Crippen LogP contribution is 2.23. The van der Waals surface area contributed by atoms with Gasteiger partial charge in [-0.2, -0.15) is 0 Å². The van der Waals surface area contributed by atoms with Crippen LogP contribution < -0.4 is 11.1 Å². The molecule has 0 bridgehead atoms. The lowest BCUT2D eigenvalue weighted by atomic mass is 9.98. The van der Waals surface area contributed by atoms with Crippen LogP contribution in [0.2, 0.25) is 5.15 Å². The fourth-order valence-corrected chi connectivity index (χ4v) is 2.33. The molecule has 0 amide bonds. The van der Waals surface area contributed by atoms with Gasteiger partial charge in [0.1, 0.15) is 12.0 Å². The van der Waals surface area contributed by atoms with E-state index in [1.807, 2.05) is 0 Å². The maximum absolute atomic E-state index is 5.83. The highest BCUT2D eigenvalue weighted by Gasteiger charge is 2.17. The molecule has 0 aromatic carbocycles. The number of aromatic nitrogens is 2. The number of hydrogen-bond donors (Lipinski definition) is 2. The van der Waals surface area contributed by atoms with Crippen LogP contribution >= 0.6 is 11.6 Å². The van der Waals surface area contributed by atoms with Crippen molar-refractivity contribution in [2.45, 2.75) is 12.8 Å². The monoisotopic (exact) mass is 255 g/mol. The Balaban J connectivity index is 1.91. The summed E-state index contributed by atoms with van der Waals surface area (Å²) in [5, 5.41) is 3.57. The predicted octanol–water partition coefficient (Wildman–Crippen LogP) is 1.47. The number of nitrogen functional groups attached to an aromatic ring is 1. The van der Waals surface area contributed by atoms with Crippen molar-refractivity contribution in [1.82, 2.24) is 14.9 Å². The second kappa shape index (κ2) is 5.51. The number of hydrogen-bond acceptors (Lipinski definition) is 5. The van der Waals surface area contributed by atoms with Crippen molar-refractivity contribution in [3.63, 3.8) is 0 Å². The summed E-state index contributed by atoms with van der Waals surface area (Å²) in [5.74, 6) is 1.28. The zero-order valence-corrected chi connectivity index (χ0v) is 10.7. The van der Waals surface area contributed by atoms with Crippen LogP contribution in [0.3, 0.4) is 0 Å². The number of likely N-dealkylation sites (tertiary alicyclic amines) is 1. The van der Waals surface area contributed by atoms with Crippen molar-refractivity contribution in [3.05, 3.63) is 11.5 Å². The molecule has 0 saturated carbocycles. The Morgan fingerprint density at radius 1 is 1.59 bits per heavy atom. The first kappa shape index (κ1) is 12.4. The third-order valence-corrected chi connectivity index (χ3v) is 3.42. The molecule has 2 rings (SSSR count). The average molecular weight is 256 g/mol. The first-order valence-electron chi connectivity index (χ1n) is 5.85.